The van der Waals surface area contributed by atoms with Gasteiger partial charge in [-0.1, -0.05) is 12.8 Å². The van der Waals surface area contributed by atoms with E-state index in [1.54, 1.807) is 11.0 Å². The summed E-state index contributed by atoms with van der Waals surface area (Å²) in [7, 11) is 4.11. The van der Waals surface area contributed by atoms with Crippen LogP contribution in [-0.4, -0.2) is 58.3 Å². The zero-order valence-electron chi connectivity index (χ0n) is 14.0. The first-order valence-corrected chi connectivity index (χ1v) is 8.26. The molecule has 0 saturated heterocycles. The van der Waals surface area contributed by atoms with Crippen LogP contribution >= 0.6 is 0 Å². The van der Waals surface area contributed by atoms with Crippen LogP contribution in [0.3, 0.4) is 0 Å². The molecule has 7 heteroatoms. The van der Waals surface area contributed by atoms with Gasteiger partial charge in [-0.15, -0.1) is 0 Å². The standard InChI is InChI=1S/C15H29N7/c1-4-16-15(18-11-14-19-12-20-22(14)3)17-9-10-21(2)13-7-5-6-8-13/h12-13H,4-11H2,1-3H3,(H2,16,17,18). The minimum atomic E-state index is 0.532. The van der Waals surface area contributed by atoms with Crippen molar-refractivity contribution < 1.29 is 0 Å². The number of guanidine groups is 1. The molecule has 1 saturated carbocycles. The van der Waals surface area contributed by atoms with Crippen LogP contribution in [0.4, 0.5) is 0 Å². The Bertz CT molecular complexity index is 462. The molecule has 22 heavy (non-hydrogen) atoms. The van der Waals surface area contributed by atoms with Crippen LogP contribution in [0.25, 0.3) is 0 Å². The van der Waals surface area contributed by atoms with Crippen LogP contribution in [0.1, 0.15) is 38.4 Å². The van der Waals surface area contributed by atoms with E-state index < -0.39 is 0 Å². The van der Waals surface area contributed by atoms with Gasteiger partial charge in [-0.2, -0.15) is 5.10 Å². The molecule has 0 unspecified atom stereocenters. The molecule has 0 atom stereocenters. The van der Waals surface area contributed by atoms with E-state index >= 15 is 0 Å². The van der Waals surface area contributed by atoms with Crippen LogP contribution < -0.4 is 10.6 Å². The fourth-order valence-electron chi connectivity index (χ4n) is 2.83. The Hall–Kier alpha value is -1.63. The number of aromatic nitrogens is 3. The molecule has 0 amide bonds. The number of aliphatic imine (C=N–C) groups is 1. The molecule has 1 aromatic rings. The lowest BCUT2D eigenvalue weighted by atomic mass is 10.2. The van der Waals surface area contributed by atoms with E-state index in [1.165, 1.54) is 25.7 Å². The van der Waals surface area contributed by atoms with Gasteiger partial charge in [0.2, 0.25) is 0 Å². The Morgan fingerprint density at radius 3 is 2.82 bits per heavy atom. The molecule has 0 spiro atoms. The molecular weight excluding hydrogens is 278 g/mol. The predicted octanol–water partition coefficient (Wildman–Crippen LogP) is 0.745. The van der Waals surface area contributed by atoms with Gasteiger partial charge in [-0.25, -0.2) is 9.98 Å². The highest BCUT2D eigenvalue weighted by atomic mass is 15.3. The van der Waals surface area contributed by atoms with Crippen molar-refractivity contribution in [2.75, 3.05) is 26.7 Å². The number of hydrogen-bond acceptors (Lipinski definition) is 4. The Morgan fingerprint density at radius 1 is 1.41 bits per heavy atom. The van der Waals surface area contributed by atoms with Gasteiger partial charge in [0.15, 0.2) is 5.96 Å². The highest BCUT2D eigenvalue weighted by molar-refractivity contribution is 5.79. The molecule has 7 nitrogen and oxygen atoms in total. The molecule has 0 aliphatic heterocycles. The first-order chi connectivity index (χ1) is 10.7. The average Bonchev–Trinajstić information content (AvgIpc) is 3.16. The number of nitrogens with one attached hydrogen (secondary N) is 2. The number of aryl methyl sites for hydroxylation is 1. The van der Waals surface area contributed by atoms with Gasteiger partial charge in [-0.05, 0) is 26.8 Å². The van der Waals surface area contributed by atoms with Crippen LogP contribution in [0.15, 0.2) is 11.3 Å². The summed E-state index contributed by atoms with van der Waals surface area (Å²) in [5.41, 5.74) is 0. The summed E-state index contributed by atoms with van der Waals surface area (Å²) in [6, 6.07) is 0.764. The normalized spacial score (nSPS) is 16.5. The van der Waals surface area contributed by atoms with Crippen molar-refractivity contribution in [3.63, 3.8) is 0 Å². The van der Waals surface area contributed by atoms with Crippen molar-refractivity contribution in [1.82, 2.24) is 30.3 Å². The quantitative estimate of drug-likeness (QED) is 0.574. The number of rotatable bonds is 7. The van der Waals surface area contributed by atoms with E-state index in [0.29, 0.717) is 6.54 Å². The Balaban J connectivity index is 1.77. The van der Waals surface area contributed by atoms with Crippen molar-refractivity contribution >= 4 is 5.96 Å². The second-order valence-electron chi connectivity index (χ2n) is 5.84. The molecule has 1 aromatic heterocycles. The lowest BCUT2D eigenvalue weighted by Crippen LogP contribution is -2.42. The van der Waals surface area contributed by atoms with Gasteiger partial charge in [0.25, 0.3) is 0 Å². The average molecular weight is 307 g/mol. The summed E-state index contributed by atoms with van der Waals surface area (Å²) in [4.78, 5) is 11.2. The van der Waals surface area contributed by atoms with Crippen LogP contribution in [0.5, 0.6) is 0 Å². The largest absolute Gasteiger partial charge is 0.357 e. The predicted molar refractivity (Wildman–Crippen MR) is 88.7 cm³/mol. The maximum absolute atomic E-state index is 4.56. The second kappa shape index (κ2) is 8.73. The SMILES string of the molecule is CCNC(=NCc1ncnn1C)NCCN(C)C1CCCC1. The van der Waals surface area contributed by atoms with E-state index in [9.17, 15) is 0 Å². The van der Waals surface area contributed by atoms with Gasteiger partial charge in [-0.3, -0.25) is 4.68 Å². The smallest absolute Gasteiger partial charge is 0.191 e. The minimum absolute atomic E-state index is 0.532. The van der Waals surface area contributed by atoms with Crippen molar-refractivity contribution in [2.24, 2.45) is 12.0 Å². The van der Waals surface area contributed by atoms with E-state index in [4.69, 9.17) is 0 Å². The molecule has 124 valence electrons. The summed E-state index contributed by atoms with van der Waals surface area (Å²) in [5.74, 6) is 1.70. The molecule has 1 heterocycles. The highest BCUT2D eigenvalue weighted by Gasteiger charge is 2.18. The molecule has 1 aliphatic carbocycles. The van der Waals surface area contributed by atoms with Crippen LogP contribution in [0, 0.1) is 0 Å². The zero-order chi connectivity index (χ0) is 15.8. The van der Waals surface area contributed by atoms with Crippen molar-refractivity contribution in [3.05, 3.63) is 12.2 Å². The molecule has 2 N–H and O–H groups in total. The molecule has 2 rings (SSSR count). The zero-order valence-corrected chi connectivity index (χ0v) is 14.0. The summed E-state index contributed by atoms with van der Waals surface area (Å²) < 4.78 is 1.75. The molecule has 0 radical (unpaired) electrons. The molecule has 1 aliphatic rings. The van der Waals surface area contributed by atoms with E-state index in [1.807, 2.05) is 7.05 Å². The Labute approximate surface area is 133 Å². The van der Waals surface area contributed by atoms with Crippen molar-refractivity contribution in [1.29, 1.82) is 0 Å². The van der Waals surface area contributed by atoms with Gasteiger partial charge in [0.1, 0.15) is 18.7 Å². The topological polar surface area (TPSA) is 70.4 Å². The van der Waals surface area contributed by atoms with Gasteiger partial charge in [0, 0.05) is 32.7 Å². The fraction of sp³-hybridized carbons (Fsp3) is 0.800. The van der Waals surface area contributed by atoms with Gasteiger partial charge < -0.3 is 15.5 Å². The molecule has 0 bridgehead atoms. The fourth-order valence-corrected chi connectivity index (χ4v) is 2.83. The van der Waals surface area contributed by atoms with Crippen molar-refractivity contribution in [2.45, 2.75) is 45.2 Å². The first-order valence-electron chi connectivity index (χ1n) is 8.26. The maximum atomic E-state index is 4.56. The highest BCUT2D eigenvalue weighted by Crippen LogP contribution is 2.21. The maximum Gasteiger partial charge on any atom is 0.191 e. The number of likely N-dealkylation sites (N-methyl/N-ethyl adjacent to an activating group) is 1. The molecule has 0 aromatic carbocycles. The summed E-state index contributed by atoms with van der Waals surface area (Å²) in [6.45, 7) is 5.40. The minimum Gasteiger partial charge on any atom is -0.357 e. The van der Waals surface area contributed by atoms with Crippen molar-refractivity contribution in [3.8, 4) is 0 Å². The van der Waals surface area contributed by atoms with Gasteiger partial charge in [0.05, 0.1) is 0 Å². The van der Waals surface area contributed by atoms with Crippen LogP contribution in [0.2, 0.25) is 0 Å². The summed E-state index contributed by atoms with van der Waals surface area (Å²) in [5, 5.41) is 10.7. The second-order valence-corrected chi connectivity index (χ2v) is 5.84. The van der Waals surface area contributed by atoms with Gasteiger partial charge >= 0.3 is 0 Å². The Morgan fingerprint density at radius 2 is 2.18 bits per heavy atom. The van der Waals surface area contributed by atoms with E-state index in [2.05, 4.69) is 44.6 Å². The monoisotopic (exact) mass is 307 g/mol. The van der Waals surface area contributed by atoms with Crippen LogP contribution in [-0.2, 0) is 13.6 Å². The lowest BCUT2D eigenvalue weighted by Gasteiger charge is -2.24. The third kappa shape index (κ3) is 4.98. The number of nitrogens with zero attached hydrogens (tertiary/aromatic N) is 5. The molecule has 1 fully saturated rings. The van der Waals surface area contributed by atoms with E-state index in [0.717, 1.165) is 37.5 Å². The van der Waals surface area contributed by atoms with E-state index in [-0.39, 0.29) is 0 Å². The third-order valence-corrected chi connectivity index (χ3v) is 4.23. The summed E-state index contributed by atoms with van der Waals surface area (Å²) >= 11 is 0. The first kappa shape index (κ1) is 16.7. The Kier molecular flexibility index (Phi) is 6.64. The number of hydrogen-bond donors (Lipinski definition) is 2. The lowest BCUT2D eigenvalue weighted by molar-refractivity contribution is 0.249. The molecular formula is C15H29N7. The third-order valence-electron chi connectivity index (χ3n) is 4.23. The summed E-state index contributed by atoms with van der Waals surface area (Å²) in [6.07, 6.45) is 7.00.